The van der Waals surface area contributed by atoms with Crippen LogP contribution in [0.5, 0.6) is 5.88 Å². The highest BCUT2D eigenvalue weighted by Crippen LogP contribution is 2.20. The minimum atomic E-state index is -0.599. The van der Waals surface area contributed by atoms with Crippen LogP contribution < -0.4 is 4.74 Å². The first-order valence-electron chi connectivity index (χ1n) is 6.63. The van der Waals surface area contributed by atoms with Gasteiger partial charge in [0.1, 0.15) is 12.7 Å². The number of ether oxygens (including phenoxy) is 3. The fraction of sp³-hybridized carbons (Fsp3) is 0.571. The summed E-state index contributed by atoms with van der Waals surface area (Å²) in [6, 6.07) is 1.87. The van der Waals surface area contributed by atoms with E-state index in [9.17, 15) is 4.39 Å². The average Bonchev–Trinajstić information content (AvgIpc) is 2.49. The van der Waals surface area contributed by atoms with E-state index in [1.165, 1.54) is 13.1 Å². The van der Waals surface area contributed by atoms with Crippen LogP contribution in [0.3, 0.4) is 0 Å². The van der Waals surface area contributed by atoms with E-state index in [0.717, 1.165) is 25.9 Å². The van der Waals surface area contributed by atoms with E-state index in [1.54, 1.807) is 0 Å². The van der Waals surface area contributed by atoms with Crippen molar-refractivity contribution in [3.05, 3.63) is 23.1 Å². The van der Waals surface area contributed by atoms with E-state index in [2.05, 4.69) is 4.98 Å². The lowest BCUT2D eigenvalue weighted by atomic mass is 10.2. The van der Waals surface area contributed by atoms with E-state index in [1.807, 2.05) is 6.07 Å². The van der Waals surface area contributed by atoms with Gasteiger partial charge in [-0.3, -0.25) is 0 Å². The molecule has 1 aliphatic rings. The molecule has 108 valence electrons. The molecule has 0 amide bonds. The normalized spacial score (nSPS) is 18.6. The molecule has 2 heterocycles. The first-order valence-corrected chi connectivity index (χ1v) is 6.63. The standard InChI is InChI=1S/C14H17FN2O3/c1-10-11(8-16)9-17-14(13(10)15)20-7-6-19-12-4-2-3-5-18-12/h9,12H,2-7H2,1H3. The van der Waals surface area contributed by atoms with Gasteiger partial charge in [0.2, 0.25) is 0 Å². The van der Waals surface area contributed by atoms with Crippen LogP contribution in [0.1, 0.15) is 30.4 Å². The predicted molar refractivity (Wildman–Crippen MR) is 68.7 cm³/mol. The summed E-state index contributed by atoms with van der Waals surface area (Å²) < 4.78 is 29.9. The molecule has 0 saturated carbocycles. The van der Waals surface area contributed by atoms with Crippen molar-refractivity contribution < 1.29 is 18.6 Å². The Labute approximate surface area is 117 Å². The largest absolute Gasteiger partial charge is 0.473 e. The zero-order valence-corrected chi connectivity index (χ0v) is 11.4. The number of pyridine rings is 1. The van der Waals surface area contributed by atoms with Crippen molar-refractivity contribution in [1.29, 1.82) is 5.26 Å². The molecule has 6 heteroatoms. The molecule has 1 aliphatic heterocycles. The van der Waals surface area contributed by atoms with Gasteiger partial charge >= 0.3 is 0 Å². The highest BCUT2D eigenvalue weighted by Gasteiger charge is 2.15. The Hall–Kier alpha value is -1.71. The summed E-state index contributed by atoms with van der Waals surface area (Å²) in [6.45, 7) is 2.74. The van der Waals surface area contributed by atoms with Gasteiger partial charge in [-0.25, -0.2) is 9.37 Å². The van der Waals surface area contributed by atoms with Gasteiger partial charge in [0, 0.05) is 18.4 Å². The minimum absolute atomic E-state index is 0.102. The zero-order chi connectivity index (χ0) is 14.4. The molecule has 5 nitrogen and oxygen atoms in total. The number of nitriles is 1. The summed E-state index contributed by atoms with van der Waals surface area (Å²) in [6.07, 6.45) is 4.15. The molecular formula is C14H17FN2O3. The molecule has 1 aromatic rings. The summed E-state index contributed by atoms with van der Waals surface area (Å²) in [5.74, 6) is -0.701. The highest BCUT2D eigenvalue weighted by atomic mass is 19.1. The molecule has 1 atom stereocenters. The topological polar surface area (TPSA) is 64.4 Å². The molecule has 2 rings (SSSR count). The van der Waals surface area contributed by atoms with Crippen molar-refractivity contribution in [3.8, 4) is 11.9 Å². The molecule has 1 unspecified atom stereocenters. The second kappa shape index (κ2) is 7.17. The van der Waals surface area contributed by atoms with Crippen LogP contribution >= 0.6 is 0 Å². The van der Waals surface area contributed by atoms with E-state index < -0.39 is 5.82 Å². The van der Waals surface area contributed by atoms with E-state index in [0.29, 0.717) is 6.61 Å². The Morgan fingerprint density at radius 2 is 2.35 bits per heavy atom. The van der Waals surface area contributed by atoms with Crippen molar-refractivity contribution in [2.75, 3.05) is 19.8 Å². The van der Waals surface area contributed by atoms with Crippen LogP contribution in [0.4, 0.5) is 4.39 Å². The van der Waals surface area contributed by atoms with E-state index in [-0.39, 0.29) is 29.9 Å². The first kappa shape index (κ1) is 14.7. The highest BCUT2D eigenvalue weighted by molar-refractivity contribution is 5.38. The minimum Gasteiger partial charge on any atom is -0.473 e. The number of halogens is 1. The summed E-state index contributed by atoms with van der Waals surface area (Å²) >= 11 is 0. The number of hydrogen-bond acceptors (Lipinski definition) is 5. The third kappa shape index (κ3) is 3.65. The second-order valence-corrected chi connectivity index (χ2v) is 4.54. The van der Waals surface area contributed by atoms with Crippen LogP contribution in [0, 0.1) is 24.1 Å². The molecular weight excluding hydrogens is 263 g/mol. The number of hydrogen-bond donors (Lipinski definition) is 0. The van der Waals surface area contributed by atoms with E-state index in [4.69, 9.17) is 19.5 Å². The Bertz CT molecular complexity index is 496. The van der Waals surface area contributed by atoms with Crippen LogP contribution in [0.25, 0.3) is 0 Å². The fourth-order valence-corrected chi connectivity index (χ4v) is 1.93. The first-order chi connectivity index (χ1) is 9.72. The summed E-state index contributed by atoms with van der Waals surface area (Å²) in [4.78, 5) is 3.79. The molecule has 0 radical (unpaired) electrons. The lowest BCUT2D eigenvalue weighted by Gasteiger charge is -2.22. The van der Waals surface area contributed by atoms with Gasteiger partial charge in [0.15, 0.2) is 12.1 Å². The maximum Gasteiger partial charge on any atom is 0.250 e. The summed E-state index contributed by atoms with van der Waals surface area (Å²) in [5, 5.41) is 8.76. The van der Waals surface area contributed by atoms with Crippen LogP contribution in [0.2, 0.25) is 0 Å². The smallest absolute Gasteiger partial charge is 0.250 e. The Morgan fingerprint density at radius 1 is 1.50 bits per heavy atom. The molecule has 0 aromatic carbocycles. The van der Waals surface area contributed by atoms with Crippen molar-refractivity contribution in [2.24, 2.45) is 0 Å². The van der Waals surface area contributed by atoms with Gasteiger partial charge in [0.25, 0.3) is 5.88 Å². The van der Waals surface area contributed by atoms with Gasteiger partial charge in [-0.2, -0.15) is 5.26 Å². The van der Waals surface area contributed by atoms with Crippen molar-refractivity contribution in [2.45, 2.75) is 32.5 Å². The van der Waals surface area contributed by atoms with Crippen LogP contribution in [-0.4, -0.2) is 31.1 Å². The molecule has 0 aliphatic carbocycles. The van der Waals surface area contributed by atoms with Gasteiger partial charge in [-0.05, 0) is 26.2 Å². The maximum atomic E-state index is 13.8. The zero-order valence-electron chi connectivity index (χ0n) is 11.4. The van der Waals surface area contributed by atoms with Gasteiger partial charge in [-0.15, -0.1) is 0 Å². The van der Waals surface area contributed by atoms with Gasteiger partial charge in [-0.1, -0.05) is 0 Å². The SMILES string of the molecule is Cc1c(C#N)cnc(OCCOC2CCCCO2)c1F. The molecule has 20 heavy (non-hydrogen) atoms. The molecule has 1 fully saturated rings. The lowest BCUT2D eigenvalue weighted by molar-refractivity contribution is -0.165. The summed E-state index contributed by atoms with van der Waals surface area (Å²) in [7, 11) is 0. The van der Waals surface area contributed by atoms with Crippen LogP contribution in [-0.2, 0) is 9.47 Å². The Morgan fingerprint density at radius 3 is 3.05 bits per heavy atom. The van der Waals surface area contributed by atoms with Crippen molar-refractivity contribution >= 4 is 0 Å². The molecule has 1 saturated heterocycles. The molecule has 0 spiro atoms. The number of aromatic nitrogens is 1. The van der Waals surface area contributed by atoms with Crippen molar-refractivity contribution in [3.63, 3.8) is 0 Å². The third-order valence-corrected chi connectivity index (χ3v) is 3.12. The maximum absolute atomic E-state index is 13.8. The van der Waals surface area contributed by atoms with Gasteiger partial charge in [0.05, 0.1) is 12.2 Å². The van der Waals surface area contributed by atoms with E-state index >= 15 is 0 Å². The number of rotatable bonds is 5. The number of nitrogens with zero attached hydrogens (tertiary/aromatic N) is 2. The quantitative estimate of drug-likeness (QED) is 0.774. The van der Waals surface area contributed by atoms with Gasteiger partial charge < -0.3 is 14.2 Å². The van der Waals surface area contributed by atoms with Crippen molar-refractivity contribution in [1.82, 2.24) is 4.98 Å². The Balaban J connectivity index is 1.79. The second-order valence-electron chi connectivity index (χ2n) is 4.54. The monoisotopic (exact) mass is 280 g/mol. The molecule has 1 aromatic heterocycles. The molecule has 0 bridgehead atoms. The molecule has 0 N–H and O–H groups in total. The average molecular weight is 280 g/mol. The third-order valence-electron chi connectivity index (χ3n) is 3.12. The fourth-order valence-electron chi connectivity index (χ4n) is 1.93. The van der Waals surface area contributed by atoms with Crippen LogP contribution in [0.15, 0.2) is 6.20 Å². The lowest BCUT2D eigenvalue weighted by Crippen LogP contribution is -2.24. The predicted octanol–water partition coefficient (Wildman–Crippen LogP) is 2.32. The summed E-state index contributed by atoms with van der Waals surface area (Å²) in [5.41, 5.74) is 0.454. The Kier molecular flexibility index (Phi) is 5.27.